The van der Waals surface area contributed by atoms with Crippen LogP contribution in [-0.4, -0.2) is 11.9 Å². The SMILES string of the molecule is CC(OCc1ccc(Br)cc1)C(=O)c1ccc(Cl)cc1Cl. The van der Waals surface area contributed by atoms with Gasteiger partial charge in [0.25, 0.3) is 0 Å². The Morgan fingerprint density at radius 1 is 1.19 bits per heavy atom. The molecular formula is C16H13BrCl2O2. The second-order valence-corrected chi connectivity index (χ2v) is 6.33. The zero-order chi connectivity index (χ0) is 15.4. The van der Waals surface area contributed by atoms with E-state index in [1.807, 2.05) is 24.3 Å². The molecule has 0 heterocycles. The van der Waals surface area contributed by atoms with E-state index in [9.17, 15) is 4.79 Å². The van der Waals surface area contributed by atoms with Gasteiger partial charge in [0.05, 0.1) is 11.6 Å². The van der Waals surface area contributed by atoms with Gasteiger partial charge in [-0.3, -0.25) is 4.79 Å². The molecule has 0 spiro atoms. The van der Waals surface area contributed by atoms with Crippen LogP contribution in [0.3, 0.4) is 0 Å². The van der Waals surface area contributed by atoms with Gasteiger partial charge in [0, 0.05) is 15.1 Å². The van der Waals surface area contributed by atoms with Gasteiger partial charge in [-0.2, -0.15) is 0 Å². The van der Waals surface area contributed by atoms with Crippen molar-refractivity contribution in [2.45, 2.75) is 19.6 Å². The molecule has 0 aromatic heterocycles. The Balaban J connectivity index is 2.00. The number of Topliss-reactive ketones (excluding diaryl/α,β-unsaturated/α-hetero) is 1. The first-order valence-electron chi connectivity index (χ1n) is 6.32. The molecule has 21 heavy (non-hydrogen) atoms. The van der Waals surface area contributed by atoms with Crippen LogP contribution in [0.4, 0.5) is 0 Å². The molecular weight excluding hydrogens is 375 g/mol. The normalized spacial score (nSPS) is 12.2. The van der Waals surface area contributed by atoms with E-state index in [1.54, 1.807) is 25.1 Å². The first kappa shape index (κ1) is 16.5. The molecule has 1 atom stereocenters. The molecule has 0 N–H and O–H groups in total. The summed E-state index contributed by atoms with van der Waals surface area (Å²) in [6, 6.07) is 12.6. The van der Waals surface area contributed by atoms with Gasteiger partial charge in [0.2, 0.25) is 0 Å². The second kappa shape index (κ2) is 7.41. The fourth-order valence-corrected chi connectivity index (χ4v) is 2.55. The zero-order valence-corrected chi connectivity index (χ0v) is 14.4. The van der Waals surface area contributed by atoms with Crippen molar-refractivity contribution in [2.75, 3.05) is 0 Å². The number of ether oxygens (including phenoxy) is 1. The number of ketones is 1. The first-order chi connectivity index (χ1) is 9.97. The van der Waals surface area contributed by atoms with E-state index >= 15 is 0 Å². The minimum absolute atomic E-state index is 0.159. The molecule has 0 saturated carbocycles. The largest absolute Gasteiger partial charge is 0.366 e. The Bertz CT molecular complexity index is 641. The van der Waals surface area contributed by atoms with Gasteiger partial charge in [-0.15, -0.1) is 0 Å². The highest BCUT2D eigenvalue weighted by molar-refractivity contribution is 9.10. The van der Waals surface area contributed by atoms with Crippen LogP contribution in [0.15, 0.2) is 46.9 Å². The van der Waals surface area contributed by atoms with E-state index < -0.39 is 6.10 Å². The third-order valence-electron chi connectivity index (χ3n) is 2.98. The average molecular weight is 388 g/mol. The van der Waals surface area contributed by atoms with Crippen molar-refractivity contribution in [2.24, 2.45) is 0 Å². The third kappa shape index (κ3) is 4.55. The summed E-state index contributed by atoms with van der Waals surface area (Å²) in [4.78, 5) is 12.3. The van der Waals surface area contributed by atoms with Gasteiger partial charge in [-0.05, 0) is 42.8 Å². The molecule has 110 valence electrons. The lowest BCUT2D eigenvalue weighted by Gasteiger charge is -2.13. The lowest BCUT2D eigenvalue weighted by Crippen LogP contribution is -2.21. The molecule has 0 saturated heterocycles. The molecule has 2 nitrogen and oxygen atoms in total. The summed E-state index contributed by atoms with van der Waals surface area (Å²) in [6.45, 7) is 2.08. The highest BCUT2D eigenvalue weighted by Gasteiger charge is 2.18. The monoisotopic (exact) mass is 386 g/mol. The van der Waals surface area contributed by atoms with E-state index in [1.165, 1.54) is 0 Å². The van der Waals surface area contributed by atoms with Crippen LogP contribution >= 0.6 is 39.1 Å². The molecule has 5 heteroatoms. The van der Waals surface area contributed by atoms with Crippen molar-refractivity contribution in [3.8, 4) is 0 Å². The van der Waals surface area contributed by atoms with E-state index in [0.29, 0.717) is 22.2 Å². The van der Waals surface area contributed by atoms with Gasteiger partial charge in [0.15, 0.2) is 5.78 Å². The standard InChI is InChI=1S/C16H13BrCl2O2/c1-10(21-9-11-2-4-12(17)5-3-11)16(20)14-7-6-13(18)8-15(14)19/h2-8,10H,9H2,1H3. The Hall–Kier alpha value is -0.870. The lowest BCUT2D eigenvalue weighted by molar-refractivity contribution is 0.0412. The Labute approximate surface area is 142 Å². The van der Waals surface area contributed by atoms with Crippen molar-refractivity contribution in [1.82, 2.24) is 0 Å². The van der Waals surface area contributed by atoms with E-state index in [0.717, 1.165) is 10.0 Å². The zero-order valence-electron chi connectivity index (χ0n) is 11.3. The van der Waals surface area contributed by atoms with Crippen LogP contribution < -0.4 is 0 Å². The summed E-state index contributed by atoms with van der Waals surface area (Å²) in [5.74, 6) is -0.159. The quantitative estimate of drug-likeness (QED) is 0.629. The minimum atomic E-state index is -0.577. The molecule has 0 aliphatic heterocycles. The number of benzene rings is 2. The van der Waals surface area contributed by atoms with Crippen molar-refractivity contribution in [3.05, 3.63) is 68.1 Å². The number of halogens is 3. The summed E-state index contributed by atoms with van der Waals surface area (Å²) in [5, 5.41) is 0.839. The number of hydrogen-bond donors (Lipinski definition) is 0. The van der Waals surface area contributed by atoms with Crippen LogP contribution in [0.5, 0.6) is 0 Å². The van der Waals surface area contributed by atoms with Gasteiger partial charge >= 0.3 is 0 Å². The molecule has 1 unspecified atom stereocenters. The topological polar surface area (TPSA) is 26.3 Å². The van der Waals surface area contributed by atoms with Gasteiger partial charge in [0.1, 0.15) is 6.10 Å². The number of rotatable bonds is 5. The molecule has 2 aromatic carbocycles. The molecule has 0 aliphatic rings. The highest BCUT2D eigenvalue weighted by Crippen LogP contribution is 2.23. The number of hydrogen-bond acceptors (Lipinski definition) is 2. The number of carbonyl (C=O) groups excluding carboxylic acids is 1. The maximum absolute atomic E-state index is 12.3. The van der Waals surface area contributed by atoms with Gasteiger partial charge in [-0.25, -0.2) is 0 Å². The maximum Gasteiger partial charge on any atom is 0.192 e. The molecule has 0 bridgehead atoms. The van der Waals surface area contributed by atoms with Crippen LogP contribution in [-0.2, 0) is 11.3 Å². The molecule has 2 rings (SSSR count). The van der Waals surface area contributed by atoms with Crippen LogP contribution in [0.25, 0.3) is 0 Å². The molecule has 0 radical (unpaired) electrons. The Kier molecular flexibility index (Phi) is 5.82. The van der Waals surface area contributed by atoms with Crippen molar-refractivity contribution < 1.29 is 9.53 Å². The Morgan fingerprint density at radius 3 is 2.48 bits per heavy atom. The van der Waals surface area contributed by atoms with Crippen LogP contribution in [0.1, 0.15) is 22.8 Å². The highest BCUT2D eigenvalue weighted by atomic mass is 79.9. The summed E-state index contributed by atoms with van der Waals surface area (Å²) in [6.07, 6.45) is -0.577. The Morgan fingerprint density at radius 2 is 1.86 bits per heavy atom. The molecule has 0 fully saturated rings. The van der Waals surface area contributed by atoms with Crippen molar-refractivity contribution in [1.29, 1.82) is 0 Å². The molecule has 2 aromatic rings. The number of carbonyl (C=O) groups is 1. The average Bonchev–Trinajstić information content (AvgIpc) is 2.45. The lowest BCUT2D eigenvalue weighted by atomic mass is 10.1. The summed E-state index contributed by atoms with van der Waals surface area (Å²) in [7, 11) is 0. The predicted molar refractivity (Wildman–Crippen MR) is 89.2 cm³/mol. The van der Waals surface area contributed by atoms with E-state index in [4.69, 9.17) is 27.9 Å². The van der Waals surface area contributed by atoms with Gasteiger partial charge < -0.3 is 4.74 Å². The predicted octanol–water partition coefficient (Wildman–Crippen LogP) is 5.54. The molecule has 0 aliphatic carbocycles. The fourth-order valence-electron chi connectivity index (χ4n) is 1.79. The second-order valence-electron chi connectivity index (χ2n) is 4.57. The summed E-state index contributed by atoms with van der Waals surface area (Å²) >= 11 is 15.2. The van der Waals surface area contributed by atoms with Crippen LogP contribution in [0.2, 0.25) is 10.0 Å². The fraction of sp³-hybridized carbons (Fsp3) is 0.188. The smallest absolute Gasteiger partial charge is 0.192 e. The maximum atomic E-state index is 12.3. The van der Waals surface area contributed by atoms with E-state index in [2.05, 4.69) is 15.9 Å². The van der Waals surface area contributed by atoms with Crippen LogP contribution in [0, 0.1) is 0 Å². The third-order valence-corrected chi connectivity index (χ3v) is 4.06. The van der Waals surface area contributed by atoms with Crippen molar-refractivity contribution in [3.63, 3.8) is 0 Å². The summed E-state index contributed by atoms with van der Waals surface area (Å²) in [5.41, 5.74) is 1.42. The first-order valence-corrected chi connectivity index (χ1v) is 7.87. The van der Waals surface area contributed by atoms with E-state index in [-0.39, 0.29) is 5.78 Å². The van der Waals surface area contributed by atoms with Gasteiger partial charge in [-0.1, -0.05) is 51.3 Å². The molecule has 0 amide bonds. The van der Waals surface area contributed by atoms with Crippen molar-refractivity contribution >= 4 is 44.9 Å². The minimum Gasteiger partial charge on any atom is -0.366 e. The summed E-state index contributed by atoms with van der Waals surface area (Å²) < 4.78 is 6.62.